The van der Waals surface area contributed by atoms with Crippen LogP contribution >= 0.6 is 0 Å². The third-order valence-electron chi connectivity index (χ3n) is 8.45. The van der Waals surface area contributed by atoms with Gasteiger partial charge in [-0.15, -0.1) is 0 Å². The first-order chi connectivity index (χ1) is 23.1. The van der Waals surface area contributed by atoms with Crippen molar-refractivity contribution in [1.82, 2.24) is 0 Å². The number of nitrogens with one attached hydrogen (secondary N) is 4. The summed E-state index contributed by atoms with van der Waals surface area (Å²) in [5, 5.41) is 30.1. The van der Waals surface area contributed by atoms with Crippen LogP contribution in [-0.2, 0) is 9.00 Å². The monoisotopic (exact) mass is 660 g/mol. The van der Waals surface area contributed by atoms with Crippen LogP contribution in [0.3, 0.4) is 0 Å². The van der Waals surface area contributed by atoms with Gasteiger partial charge in [0.1, 0.15) is 0 Å². The van der Waals surface area contributed by atoms with Crippen LogP contribution < -0.4 is 36.8 Å². The molecule has 3 rings (SSSR count). The second-order valence-electron chi connectivity index (χ2n) is 12.3. The van der Waals surface area contributed by atoms with Crippen LogP contribution in [0, 0.1) is 0 Å². The van der Waals surface area contributed by atoms with Crippen LogP contribution in [0.1, 0.15) is 98.8 Å². The Morgan fingerprint density at radius 1 is 0.574 bits per heavy atom. The summed E-state index contributed by atoms with van der Waals surface area (Å²) < 4.78 is 13.0. The van der Waals surface area contributed by atoms with Gasteiger partial charge in [-0.25, -0.2) is 0 Å². The smallest absolute Gasteiger partial charge is 0.417 e. The number of hydrogen-bond acceptors (Lipinski definition) is 7. The minimum Gasteiger partial charge on any atom is -0.417 e. The highest BCUT2D eigenvalue weighted by atomic mass is 28.4. The molecule has 3 aromatic rings. The minimum absolute atomic E-state index is 0.432. The average molecular weight is 661 g/mol. The lowest BCUT2D eigenvalue weighted by molar-refractivity contribution is 0.191. The van der Waals surface area contributed by atoms with Crippen molar-refractivity contribution in [2.45, 2.75) is 98.8 Å². The molecular weight excluding hydrogens is 599 g/mol. The van der Waals surface area contributed by atoms with Crippen molar-refractivity contribution >= 4 is 53.9 Å². The van der Waals surface area contributed by atoms with Gasteiger partial charge >= 0.3 is 7.32 Å². The van der Waals surface area contributed by atoms with Crippen molar-refractivity contribution in [3.63, 3.8) is 0 Å². The first-order valence-electron chi connectivity index (χ1n) is 18.3. The van der Waals surface area contributed by atoms with Crippen molar-refractivity contribution in [3.8, 4) is 0 Å². The fourth-order valence-corrected chi connectivity index (χ4v) is 9.71. The minimum atomic E-state index is -3.42. The predicted octanol–water partition coefficient (Wildman–Crippen LogP) is 7.31. The van der Waals surface area contributed by atoms with E-state index in [1.165, 1.54) is 0 Å². The van der Waals surface area contributed by atoms with Gasteiger partial charge in [-0.2, -0.15) is 0 Å². The molecule has 0 radical (unpaired) electrons. The molecular formula is C38H61BN4O3Si. The molecule has 0 unspecified atom stereocenters. The van der Waals surface area contributed by atoms with Gasteiger partial charge in [0, 0.05) is 38.0 Å². The van der Waals surface area contributed by atoms with Gasteiger partial charge in [0.15, 0.2) is 0 Å². The SMILES string of the molecule is CCCCNc1cc([Si](OB(O)OCCCC)(c2ccccc2)c2ccccc2)c(NCCCC)c(NCCCC)c1NCCCC. The number of benzene rings is 3. The molecule has 0 heterocycles. The van der Waals surface area contributed by atoms with Crippen LogP contribution in [0.5, 0.6) is 0 Å². The largest absolute Gasteiger partial charge is 0.626 e. The van der Waals surface area contributed by atoms with Crippen LogP contribution in [0.4, 0.5) is 22.7 Å². The van der Waals surface area contributed by atoms with E-state index in [-0.39, 0.29) is 0 Å². The van der Waals surface area contributed by atoms with E-state index in [9.17, 15) is 5.02 Å². The maximum absolute atomic E-state index is 11.5. The van der Waals surface area contributed by atoms with E-state index in [1.807, 2.05) is 12.1 Å². The molecule has 0 saturated carbocycles. The fourth-order valence-electron chi connectivity index (χ4n) is 5.75. The third kappa shape index (κ3) is 11.0. The van der Waals surface area contributed by atoms with E-state index in [4.69, 9.17) is 9.00 Å². The number of anilines is 4. The van der Waals surface area contributed by atoms with Crippen LogP contribution in [0.15, 0.2) is 66.7 Å². The zero-order valence-electron chi connectivity index (χ0n) is 29.8. The van der Waals surface area contributed by atoms with Gasteiger partial charge in [-0.1, -0.05) is 127 Å². The zero-order valence-corrected chi connectivity index (χ0v) is 30.8. The first kappa shape index (κ1) is 38.5. The van der Waals surface area contributed by atoms with Gasteiger partial charge in [-0.05, 0) is 48.5 Å². The molecule has 7 nitrogen and oxygen atoms in total. The molecule has 47 heavy (non-hydrogen) atoms. The van der Waals surface area contributed by atoms with E-state index in [0.717, 1.165) is 129 Å². The standard InChI is InChI=1S/C38H61BN4O3Si/c1-6-11-26-40-34-31-35(37(42-28-13-8-3)38(43-29-14-9-4)36(34)41-27-12-7-2)47(32-22-18-16-19-23-32,33-24-20-17-21-25-33)46-39(44)45-30-15-10-5/h16-25,31,40-44H,6-15,26-30H2,1-5H3. The highest BCUT2D eigenvalue weighted by Gasteiger charge is 2.48. The molecule has 5 N–H and O–H groups in total. The topological polar surface area (TPSA) is 86.8 Å². The van der Waals surface area contributed by atoms with Crippen molar-refractivity contribution in [2.75, 3.05) is 54.1 Å². The molecule has 0 spiro atoms. The number of rotatable bonds is 25. The molecule has 0 saturated heterocycles. The zero-order chi connectivity index (χ0) is 33.7. The Kier molecular flexibility index (Phi) is 17.8. The Balaban J connectivity index is 2.45. The lowest BCUT2D eigenvalue weighted by atomic mass is 10.1. The molecule has 0 aliphatic carbocycles. The highest BCUT2D eigenvalue weighted by molar-refractivity contribution is 7.09. The molecule has 0 aromatic heterocycles. The number of hydrogen-bond donors (Lipinski definition) is 5. The maximum atomic E-state index is 11.5. The molecule has 0 amide bonds. The Bertz CT molecular complexity index is 1230. The summed E-state index contributed by atoms with van der Waals surface area (Å²) in [5.74, 6) is 0. The van der Waals surface area contributed by atoms with E-state index in [0.29, 0.717) is 6.61 Å². The molecule has 9 heteroatoms. The number of unbranched alkanes of at least 4 members (excludes halogenated alkanes) is 5. The van der Waals surface area contributed by atoms with Crippen molar-refractivity contribution in [2.24, 2.45) is 0 Å². The van der Waals surface area contributed by atoms with E-state index >= 15 is 0 Å². The van der Waals surface area contributed by atoms with Gasteiger partial charge in [0.2, 0.25) is 0 Å². The van der Waals surface area contributed by atoms with Crippen LogP contribution in [0.2, 0.25) is 0 Å². The second kappa shape index (κ2) is 21.8. The van der Waals surface area contributed by atoms with E-state index in [1.54, 1.807) is 0 Å². The van der Waals surface area contributed by atoms with Gasteiger partial charge in [0.05, 0.1) is 22.7 Å². The van der Waals surface area contributed by atoms with E-state index in [2.05, 4.69) is 110 Å². The molecule has 258 valence electrons. The summed E-state index contributed by atoms with van der Waals surface area (Å²) in [6.07, 6.45) is 10.5. The Morgan fingerprint density at radius 2 is 1.02 bits per heavy atom. The molecule has 0 fully saturated rings. The predicted molar refractivity (Wildman–Crippen MR) is 207 cm³/mol. The van der Waals surface area contributed by atoms with Gasteiger partial charge in [-0.3, -0.25) is 0 Å². The van der Waals surface area contributed by atoms with E-state index < -0.39 is 15.6 Å². The van der Waals surface area contributed by atoms with Crippen LogP contribution in [-0.4, -0.2) is 53.4 Å². The summed E-state index contributed by atoms with van der Waals surface area (Å²) in [6, 6.07) is 23.2. The molecule has 0 aliphatic rings. The summed E-state index contributed by atoms with van der Waals surface area (Å²) in [6.45, 7) is 14.9. The second-order valence-corrected chi connectivity index (χ2v) is 15.6. The average Bonchev–Trinajstić information content (AvgIpc) is 3.10. The van der Waals surface area contributed by atoms with Crippen molar-refractivity contribution in [1.29, 1.82) is 0 Å². The van der Waals surface area contributed by atoms with Crippen molar-refractivity contribution < 1.29 is 14.0 Å². The maximum Gasteiger partial charge on any atom is 0.626 e. The lowest BCUT2D eigenvalue weighted by Gasteiger charge is -2.37. The summed E-state index contributed by atoms with van der Waals surface area (Å²) in [4.78, 5) is 0. The van der Waals surface area contributed by atoms with Crippen molar-refractivity contribution in [3.05, 3.63) is 66.7 Å². The Hall–Kier alpha value is -2.98. The lowest BCUT2D eigenvalue weighted by Crippen LogP contribution is -2.71. The molecule has 3 aromatic carbocycles. The van der Waals surface area contributed by atoms with Gasteiger partial charge < -0.3 is 35.3 Å². The quantitative estimate of drug-likeness (QED) is 0.0370. The van der Waals surface area contributed by atoms with Crippen LogP contribution in [0.25, 0.3) is 0 Å². The summed E-state index contributed by atoms with van der Waals surface area (Å²) in [7, 11) is -4.80. The highest BCUT2D eigenvalue weighted by Crippen LogP contribution is 2.38. The Labute approximate surface area is 286 Å². The molecule has 0 bridgehead atoms. The normalized spacial score (nSPS) is 11.4. The van der Waals surface area contributed by atoms with Gasteiger partial charge in [0.25, 0.3) is 8.32 Å². The summed E-state index contributed by atoms with van der Waals surface area (Å²) in [5.41, 5.74) is 4.25. The summed E-state index contributed by atoms with van der Waals surface area (Å²) >= 11 is 0. The fraction of sp³-hybridized carbons (Fsp3) is 0.526. The Morgan fingerprint density at radius 3 is 1.51 bits per heavy atom. The molecule has 0 aliphatic heterocycles. The first-order valence-corrected chi connectivity index (χ1v) is 20.2. The third-order valence-corrected chi connectivity index (χ3v) is 12.4. The molecule has 0 atom stereocenters.